The van der Waals surface area contributed by atoms with Crippen molar-refractivity contribution in [2.75, 3.05) is 6.61 Å². The van der Waals surface area contributed by atoms with Crippen LogP contribution in [0.25, 0.3) is 0 Å². The van der Waals surface area contributed by atoms with Gasteiger partial charge < -0.3 is 10.2 Å². The molecule has 4 atom stereocenters. The minimum absolute atomic E-state index is 0.131. The van der Waals surface area contributed by atoms with Crippen LogP contribution in [-0.2, 0) is 0 Å². The molecule has 0 aromatic carbocycles. The number of aliphatic hydroxyl groups excluding tert-OH is 2. The van der Waals surface area contributed by atoms with Crippen LogP contribution in [0.15, 0.2) is 0 Å². The highest BCUT2D eigenvalue weighted by atomic mass is 16.3. The summed E-state index contributed by atoms with van der Waals surface area (Å²) in [6.45, 7) is 6.85. The summed E-state index contributed by atoms with van der Waals surface area (Å²) in [5.74, 6) is 2.23. The molecule has 0 aliphatic heterocycles. The smallest absolute Gasteiger partial charge is 0.0568 e. The molecular formula is C13H26O2. The normalized spacial score (nSPS) is 34.4. The van der Waals surface area contributed by atoms with E-state index in [0.717, 1.165) is 31.1 Å². The summed E-state index contributed by atoms with van der Waals surface area (Å²) in [5.41, 5.74) is 0. The Hall–Kier alpha value is -0.0800. The van der Waals surface area contributed by atoms with Gasteiger partial charge in [0, 0.05) is 6.61 Å². The molecule has 1 fully saturated rings. The highest BCUT2D eigenvalue weighted by molar-refractivity contribution is 4.82. The van der Waals surface area contributed by atoms with Crippen LogP contribution in [-0.4, -0.2) is 22.9 Å². The molecule has 1 rings (SSSR count). The molecule has 0 amide bonds. The topological polar surface area (TPSA) is 40.5 Å². The van der Waals surface area contributed by atoms with Crippen LogP contribution < -0.4 is 0 Å². The lowest BCUT2D eigenvalue weighted by atomic mass is 9.72. The van der Waals surface area contributed by atoms with E-state index in [-0.39, 0.29) is 12.7 Å². The lowest BCUT2D eigenvalue weighted by Gasteiger charge is -2.36. The van der Waals surface area contributed by atoms with Crippen LogP contribution in [0.1, 0.15) is 46.5 Å². The highest BCUT2D eigenvalue weighted by Gasteiger charge is 2.31. The largest absolute Gasteiger partial charge is 0.396 e. The van der Waals surface area contributed by atoms with Crippen LogP contribution in [0.3, 0.4) is 0 Å². The first-order valence-corrected chi connectivity index (χ1v) is 6.33. The fourth-order valence-electron chi connectivity index (χ4n) is 2.73. The first kappa shape index (κ1) is 13.0. The molecule has 0 bridgehead atoms. The Labute approximate surface area is 93.7 Å². The molecule has 0 aromatic heterocycles. The second kappa shape index (κ2) is 5.86. The Balaban J connectivity index is 2.46. The Morgan fingerprint density at radius 3 is 2.40 bits per heavy atom. The summed E-state index contributed by atoms with van der Waals surface area (Å²) in [6.07, 6.45) is 4.10. The van der Waals surface area contributed by atoms with Crippen molar-refractivity contribution in [2.24, 2.45) is 23.7 Å². The van der Waals surface area contributed by atoms with E-state index in [0.29, 0.717) is 11.8 Å². The first-order valence-electron chi connectivity index (χ1n) is 6.33. The quantitative estimate of drug-likeness (QED) is 0.754. The maximum atomic E-state index is 9.93. The summed E-state index contributed by atoms with van der Waals surface area (Å²) < 4.78 is 0. The number of aliphatic hydroxyl groups is 2. The third-order valence-corrected chi connectivity index (χ3v) is 3.94. The van der Waals surface area contributed by atoms with Crippen molar-refractivity contribution < 1.29 is 10.2 Å². The Morgan fingerprint density at radius 1 is 1.20 bits per heavy atom. The average molecular weight is 214 g/mol. The van der Waals surface area contributed by atoms with E-state index in [1.807, 2.05) is 0 Å². The molecule has 2 N–H and O–H groups in total. The molecule has 1 aliphatic rings. The predicted molar refractivity (Wildman–Crippen MR) is 62.5 cm³/mol. The minimum Gasteiger partial charge on any atom is -0.396 e. The SMILES string of the molecule is CC(CO)CC1CC(C(C)C)CCC1O. The molecule has 1 aliphatic carbocycles. The van der Waals surface area contributed by atoms with Gasteiger partial charge in [-0.3, -0.25) is 0 Å². The first-order chi connectivity index (χ1) is 7.04. The maximum Gasteiger partial charge on any atom is 0.0568 e. The minimum atomic E-state index is -0.131. The van der Waals surface area contributed by atoms with Gasteiger partial charge in [-0.1, -0.05) is 20.8 Å². The second-order valence-electron chi connectivity index (χ2n) is 5.67. The molecule has 0 saturated heterocycles. The van der Waals surface area contributed by atoms with Gasteiger partial charge in [-0.15, -0.1) is 0 Å². The molecule has 2 nitrogen and oxygen atoms in total. The van der Waals surface area contributed by atoms with Gasteiger partial charge in [0.15, 0.2) is 0 Å². The Morgan fingerprint density at radius 2 is 1.87 bits per heavy atom. The fraction of sp³-hybridized carbons (Fsp3) is 1.00. The predicted octanol–water partition coefficient (Wildman–Crippen LogP) is 2.44. The fourth-order valence-corrected chi connectivity index (χ4v) is 2.73. The van der Waals surface area contributed by atoms with Crippen LogP contribution in [0, 0.1) is 23.7 Å². The summed E-state index contributed by atoms with van der Waals surface area (Å²) in [5, 5.41) is 19.0. The van der Waals surface area contributed by atoms with Crippen molar-refractivity contribution in [1.29, 1.82) is 0 Å². The molecule has 90 valence electrons. The molecule has 2 heteroatoms. The number of rotatable bonds is 4. The van der Waals surface area contributed by atoms with Crippen molar-refractivity contribution in [3.63, 3.8) is 0 Å². The van der Waals surface area contributed by atoms with Crippen LogP contribution >= 0.6 is 0 Å². The lowest BCUT2D eigenvalue weighted by Crippen LogP contribution is -2.32. The molecular weight excluding hydrogens is 188 g/mol. The highest BCUT2D eigenvalue weighted by Crippen LogP contribution is 2.36. The zero-order valence-electron chi connectivity index (χ0n) is 10.3. The zero-order valence-corrected chi connectivity index (χ0v) is 10.3. The zero-order chi connectivity index (χ0) is 11.4. The average Bonchev–Trinajstić information content (AvgIpc) is 2.20. The maximum absolute atomic E-state index is 9.93. The van der Waals surface area contributed by atoms with Crippen molar-refractivity contribution in [3.8, 4) is 0 Å². The van der Waals surface area contributed by atoms with E-state index in [4.69, 9.17) is 5.11 Å². The van der Waals surface area contributed by atoms with Gasteiger partial charge in [0.05, 0.1) is 6.10 Å². The third kappa shape index (κ3) is 3.76. The molecule has 4 unspecified atom stereocenters. The van der Waals surface area contributed by atoms with Gasteiger partial charge in [0.25, 0.3) is 0 Å². The monoisotopic (exact) mass is 214 g/mol. The molecule has 0 spiro atoms. The van der Waals surface area contributed by atoms with Gasteiger partial charge in [0.1, 0.15) is 0 Å². The number of hydrogen-bond donors (Lipinski definition) is 2. The van der Waals surface area contributed by atoms with Gasteiger partial charge in [-0.05, 0) is 49.4 Å². The summed E-state index contributed by atoms with van der Waals surface area (Å²) in [6, 6.07) is 0. The van der Waals surface area contributed by atoms with E-state index >= 15 is 0 Å². The molecule has 15 heavy (non-hydrogen) atoms. The van der Waals surface area contributed by atoms with Crippen LogP contribution in [0.4, 0.5) is 0 Å². The molecule has 0 aromatic rings. The van der Waals surface area contributed by atoms with Crippen LogP contribution in [0.5, 0.6) is 0 Å². The molecule has 0 radical (unpaired) electrons. The van der Waals surface area contributed by atoms with E-state index < -0.39 is 0 Å². The number of hydrogen-bond acceptors (Lipinski definition) is 2. The van der Waals surface area contributed by atoms with Gasteiger partial charge >= 0.3 is 0 Å². The summed E-state index contributed by atoms with van der Waals surface area (Å²) in [4.78, 5) is 0. The van der Waals surface area contributed by atoms with Gasteiger partial charge in [-0.25, -0.2) is 0 Å². The van der Waals surface area contributed by atoms with Gasteiger partial charge in [0.2, 0.25) is 0 Å². The second-order valence-corrected chi connectivity index (χ2v) is 5.67. The van der Waals surface area contributed by atoms with Crippen molar-refractivity contribution in [3.05, 3.63) is 0 Å². The van der Waals surface area contributed by atoms with Crippen molar-refractivity contribution in [2.45, 2.75) is 52.6 Å². The van der Waals surface area contributed by atoms with Crippen LogP contribution in [0.2, 0.25) is 0 Å². The molecule has 0 heterocycles. The van der Waals surface area contributed by atoms with E-state index in [1.165, 1.54) is 6.42 Å². The van der Waals surface area contributed by atoms with Crippen molar-refractivity contribution in [1.82, 2.24) is 0 Å². The van der Waals surface area contributed by atoms with E-state index in [9.17, 15) is 5.11 Å². The summed E-state index contributed by atoms with van der Waals surface area (Å²) in [7, 11) is 0. The standard InChI is InChI=1S/C13H26O2/c1-9(2)11-4-5-13(15)12(7-11)6-10(3)8-14/h9-15H,4-8H2,1-3H3. The third-order valence-electron chi connectivity index (χ3n) is 3.94. The van der Waals surface area contributed by atoms with E-state index in [2.05, 4.69) is 20.8 Å². The molecule has 1 saturated carbocycles. The van der Waals surface area contributed by atoms with Gasteiger partial charge in [-0.2, -0.15) is 0 Å². The lowest BCUT2D eigenvalue weighted by molar-refractivity contribution is 0.0222. The van der Waals surface area contributed by atoms with Crippen molar-refractivity contribution >= 4 is 0 Å². The van der Waals surface area contributed by atoms with E-state index in [1.54, 1.807) is 0 Å². The summed E-state index contributed by atoms with van der Waals surface area (Å²) >= 11 is 0. The Bertz CT molecular complexity index is 179. The Kier molecular flexibility index (Phi) is 5.07.